The molecule has 1 heterocycles. The molecule has 4 nitrogen and oxygen atoms in total. The Labute approximate surface area is 101 Å². The van der Waals surface area contributed by atoms with Crippen molar-refractivity contribution in [3.8, 4) is 0 Å². The SMILES string of the molecule is O=C(CC1CC2C=CC1C2)OCC1COCO1. The molecule has 2 aliphatic carbocycles. The molecule has 0 aromatic rings. The summed E-state index contributed by atoms with van der Waals surface area (Å²) in [6.07, 6.45) is 7.42. The van der Waals surface area contributed by atoms with Crippen LogP contribution in [0.4, 0.5) is 0 Å². The van der Waals surface area contributed by atoms with Crippen LogP contribution in [0.2, 0.25) is 0 Å². The fourth-order valence-electron chi connectivity index (χ4n) is 3.06. The molecule has 0 spiro atoms. The van der Waals surface area contributed by atoms with Crippen LogP contribution >= 0.6 is 0 Å². The monoisotopic (exact) mass is 238 g/mol. The summed E-state index contributed by atoms with van der Waals surface area (Å²) < 4.78 is 15.5. The number of fused-ring (bicyclic) bond motifs is 2. The highest BCUT2D eigenvalue weighted by atomic mass is 16.7. The van der Waals surface area contributed by atoms with Gasteiger partial charge in [-0.1, -0.05) is 12.2 Å². The van der Waals surface area contributed by atoms with Gasteiger partial charge in [0, 0.05) is 6.42 Å². The van der Waals surface area contributed by atoms with Gasteiger partial charge in [0.1, 0.15) is 19.5 Å². The maximum Gasteiger partial charge on any atom is 0.306 e. The Bertz CT molecular complexity index is 319. The molecule has 17 heavy (non-hydrogen) atoms. The maximum absolute atomic E-state index is 11.7. The average Bonchev–Trinajstić information content (AvgIpc) is 3.03. The molecule has 0 N–H and O–H groups in total. The average molecular weight is 238 g/mol. The Balaban J connectivity index is 1.40. The molecule has 3 aliphatic rings. The molecule has 4 unspecified atom stereocenters. The molecular weight excluding hydrogens is 220 g/mol. The second-order valence-electron chi connectivity index (χ2n) is 5.20. The van der Waals surface area contributed by atoms with E-state index < -0.39 is 0 Å². The molecule has 4 atom stereocenters. The van der Waals surface area contributed by atoms with Gasteiger partial charge in [0.2, 0.25) is 0 Å². The summed E-state index contributed by atoms with van der Waals surface area (Å²) in [5.74, 6) is 1.73. The third kappa shape index (κ3) is 2.53. The predicted molar refractivity (Wildman–Crippen MR) is 60.1 cm³/mol. The van der Waals surface area contributed by atoms with Crippen molar-refractivity contribution in [3.63, 3.8) is 0 Å². The standard InChI is InChI=1S/C13H18O4/c14-13(16-7-12-6-15-8-17-12)5-11-4-9-1-2-10(11)3-9/h1-2,9-12H,3-8H2. The summed E-state index contributed by atoms with van der Waals surface area (Å²) >= 11 is 0. The molecule has 2 fully saturated rings. The zero-order valence-electron chi connectivity index (χ0n) is 9.84. The molecule has 2 bridgehead atoms. The van der Waals surface area contributed by atoms with E-state index in [1.807, 2.05) is 0 Å². The van der Waals surface area contributed by atoms with Crippen LogP contribution in [0.3, 0.4) is 0 Å². The van der Waals surface area contributed by atoms with Crippen LogP contribution in [0.15, 0.2) is 12.2 Å². The zero-order valence-corrected chi connectivity index (χ0v) is 9.84. The first kappa shape index (κ1) is 11.2. The highest BCUT2D eigenvalue weighted by Crippen LogP contribution is 2.44. The number of carbonyl (C=O) groups excluding carboxylic acids is 1. The van der Waals surface area contributed by atoms with Crippen molar-refractivity contribution >= 4 is 5.97 Å². The fraction of sp³-hybridized carbons (Fsp3) is 0.769. The molecule has 0 aromatic heterocycles. The third-order valence-electron chi connectivity index (χ3n) is 3.97. The molecule has 0 aromatic carbocycles. The van der Waals surface area contributed by atoms with E-state index in [9.17, 15) is 4.79 Å². The summed E-state index contributed by atoms with van der Waals surface area (Å²) in [5.41, 5.74) is 0. The number of ether oxygens (including phenoxy) is 3. The number of rotatable bonds is 4. The van der Waals surface area contributed by atoms with E-state index in [4.69, 9.17) is 14.2 Å². The van der Waals surface area contributed by atoms with E-state index in [1.165, 1.54) is 6.42 Å². The van der Waals surface area contributed by atoms with Gasteiger partial charge in [-0.3, -0.25) is 4.79 Å². The van der Waals surface area contributed by atoms with Crippen molar-refractivity contribution < 1.29 is 19.0 Å². The lowest BCUT2D eigenvalue weighted by atomic mass is 9.91. The van der Waals surface area contributed by atoms with E-state index in [0.29, 0.717) is 44.2 Å². The molecule has 1 saturated carbocycles. The van der Waals surface area contributed by atoms with E-state index in [-0.39, 0.29) is 12.1 Å². The Hall–Kier alpha value is -0.870. The largest absolute Gasteiger partial charge is 0.463 e. The lowest BCUT2D eigenvalue weighted by molar-refractivity contribution is -0.148. The second kappa shape index (κ2) is 4.78. The third-order valence-corrected chi connectivity index (χ3v) is 3.97. The van der Waals surface area contributed by atoms with Gasteiger partial charge in [0.25, 0.3) is 0 Å². The highest BCUT2D eigenvalue weighted by Gasteiger charge is 2.36. The van der Waals surface area contributed by atoms with Crippen LogP contribution in [0.25, 0.3) is 0 Å². The molecule has 3 rings (SSSR count). The Morgan fingerprint density at radius 1 is 1.35 bits per heavy atom. The summed E-state index contributed by atoms with van der Waals surface area (Å²) in [4.78, 5) is 11.7. The Morgan fingerprint density at radius 3 is 2.94 bits per heavy atom. The summed E-state index contributed by atoms with van der Waals surface area (Å²) in [5, 5.41) is 0. The zero-order chi connectivity index (χ0) is 11.7. The normalized spacial score (nSPS) is 38.8. The van der Waals surface area contributed by atoms with Gasteiger partial charge in [-0.15, -0.1) is 0 Å². The van der Waals surface area contributed by atoms with Crippen LogP contribution in [0.1, 0.15) is 19.3 Å². The van der Waals surface area contributed by atoms with Crippen molar-refractivity contribution in [2.24, 2.45) is 17.8 Å². The van der Waals surface area contributed by atoms with Gasteiger partial charge in [0.15, 0.2) is 0 Å². The van der Waals surface area contributed by atoms with Gasteiger partial charge < -0.3 is 14.2 Å². The predicted octanol–water partition coefficient (Wildman–Crippen LogP) is 1.50. The van der Waals surface area contributed by atoms with Gasteiger partial charge in [-0.05, 0) is 30.6 Å². The van der Waals surface area contributed by atoms with Crippen LogP contribution < -0.4 is 0 Å². The molecule has 4 heteroatoms. The van der Waals surface area contributed by atoms with Gasteiger partial charge in [-0.25, -0.2) is 0 Å². The van der Waals surface area contributed by atoms with Crippen LogP contribution in [0.5, 0.6) is 0 Å². The fourth-order valence-corrected chi connectivity index (χ4v) is 3.06. The van der Waals surface area contributed by atoms with Crippen LogP contribution in [-0.2, 0) is 19.0 Å². The first-order chi connectivity index (χ1) is 8.31. The van der Waals surface area contributed by atoms with Crippen molar-refractivity contribution in [2.45, 2.75) is 25.4 Å². The Morgan fingerprint density at radius 2 is 2.29 bits per heavy atom. The lowest BCUT2D eigenvalue weighted by Gasteiger charge is -2.17. The molecule has 0 amide bonds. The smallest absolute Gasteiger partial charge is 0.306 e. The first-order valence-electron chi connectivity index (χ1n) is 6.34. The van der Waals surface area contributed by atoms with Crippen molar-refractivity contribution in [3.05, 3.63) is 12.2 Å². The topological polar surface area (TPSA) is 44.8 Å². The molecular formula is C13H18O4. The lowest BCUT2D eigenvalue weighted by Crippen LogP contribution is -2.22. The van der Waals surface area contributed by atoms with Crippen molar-refractivity contribution in [1.82, 2.24) is 0 Å². The van der Waals surface area contributed by atoms with E-state index in [0.717, 1.165) is 6.42 Å². The minimum Gasteiger partial charge on any atom is -0.463 e. The summed E-state index contributed by atoms with van der Waals surface area (Å²) in [6, 6.07) is 0. The molecule has 0 radical (unpaired) electrons. The quantitative estimate of drug-likeness (QED) is 0.550. The number of hydrogen-bond acceptors (Lipinski definition) is 4. The van der Waals surface area contributed by atoms with E-state index in [2.05, 4.69) is 12.2 Å². The second-order valence-corrected chi connectivity index (χ2v) is 5.20. The number of allylic oxidation sites excluding steroid dienone is 2. The molecule has 94 valence electrons. The maximum atomic E-state index is 11.7. The van der Waals surface area contributed by atoms with Crippen molar-refractivity contribution in [2.75, 3.05) is 20.0 Å². The van der Waals surface area contributed by atoms with Crippen LogP contribution in [0, 0.1) is 17.8 Å². The number of esters is 1. The van der Waals surface area contributed by atoms with Gasteiger partial charge >= 0.3 is 5.97 Å². The van der Waals surface area contributed by atoms with E-state index >= 15 is 0 Å². The minimum absolute atomic E-state index is 0.0705. The Kier molecular flexibility index (Phi) is 3.16. The van der Waals surface area contributed by atoms with E-state index in [1.54, 1.807) is 0 Å². The number of hydrogen-bond donors (Lipinski definition) is 0. The molecule has 1 saturated heterocycles. The summed E-state index contributed by atoms with van der Waals surface area (Å²) in [6.45, 7) is 1.18. The van der Waals surface area contributed by atoms with Gasteiger partial charge in [0.05, 0.1) is 6.61 Å². The van der Waals surface area contributed by atoms with Gasteiger partial charge in [-0.2, -0.15) is 0 Å². The summed E-state index contributed by atoms with van der Waals surface area (Å²) in [7, 11) is 0. The highest BCUT2D eigenvalue weighted by molar-refractivity contribution is 5.69. The number of carbonyl (C=O) groups is 1. The van der Waals surface area contributed by atoms with Crippen molar-refractivity contribution in [1.29, 1.82) is 0 Å². The molecule has 1 aliphatic heterocycles. The van der Waals surface area contributed by atoms with Crippen LogP contribution in [-0.4, -0.2) is 32.1 Å². The minimum atomic E-state index is -0.0912. The first-order valence-corrected chi connectivity index (χ1v) is 6.34.